The molecule has 3 heterocycles. The zero-order valence-corrected chi connectivity index (χ0v) is 13.8. The Morgan fingerprint density at radius 2 is 0.833 bits per heavy atom. The molecule has 0 radical (unpaired) electrons. The molecule has 0 spiro atoms. The molecule has 6 nitrogen and oxygen atoms in total. The molecule has 0 atom stereocenters. The van der Waals surface area contributed by atoms with Gasteiger partial charge >= 0.3 is 0 Å². The van der Waals surface area contributed by atoms with Crippen molar-refractivity contribution < 1.29 is 0 Å². The smallest absolute Gasteiger partial charge is 0.103 e. The minimum atomic E-state index is 0.895. The van der Waals surface area contributed by atoms with Crippen molar-refractivity contribution >= 4 is 0 Å². The van der Waals surface area contributed by atoms with E-state index < -0.39 is 0 Å². The SMILES string of the molecule is Cc1ncc(-c2cc(-c3cnc(C)[nH]3)cc(-c3cnc(C)[nH]3)c2)[nH]1. The van der Waals surface area contributed by atoms with Crippen LogP contribution in [0.5, 0.6) is 0 Å². The van der Waals surface area contributed by atoms with Crippen LogP contribution in [0, 0.1) is 20.8 Å². The molecular weight excluding hydrogens is 300 g/mol. The Kier molecular flexibility index (Phi) is 3.30. The van der Waals surface area contributed by atoms with Crippen molar-refractivity contribution in [1.29, 1.82) is 0 Å². The van der Waals surface area contributed by atoms with Crippen LogP contribution in [-0.4, -0.2) is 29.9 Å². The molecule has 120 valence electrons. The van der Waals surface area contributed by atoms with E-state index in [1.807, 2.05) is 39.4 Å². The summed E-state index contributed by atoms with van der Waals surface area (Å²) in [6.07, 6.45) is 5.57. The van der Waals surface area contributed by atoms with Gasteiger partial charge in [-0.2, -0.15) is 0 Å². The van der Waals surface area contributed by atoms with Crippen LogP contribution in [0.1, 0.15) is 17.5 Å². The van der Waals surface area contributed by atoms with Crippen molar-refractivity contribution in [3.05, 3.63) is 54.3 Å². The second-order valence-corrected chi connectivity index (χ2v) is 5.95. The Balaban J connectivity index is 1.90. The number of aryl methyl sites for hydroxylation is 3. The predicted octanol–water partition coefficient (Wildman–Crippen LogP) is 3.78. The molecule has 0 saturated carbocycles. The molecule has 6 heteroatoms. The number of H-pyrrole nitrogens is 3. The number of nitrogens with zero attached hydrogens (tertiary/aromatic N) is 3. The number of hydrogen-bond acceptors (Lipinski definition) is 3. The van der Waals surface area contributed by atoms with Crippen molar-refractivity contribution in [1.82, 2.24) is 29.9 Å². The molecule has 0 aliphatic rings. The van der Waals surface area contributed by atoms with E-state index in [2.05, 4.69) is 48.1 Å². The molecule has 0 unspecified atom stereocenters. The van der Waals surface area contributed by atoms with Gasteiger partial charge < -0.3 is 15.0 Å². The van der Waals surface area contributed by atoms with Gasteiger partial charge in [0.05, 0.1) is 35.7 Å². The van der Waals surface area contributed by atoms with Gasteiger partial charge in [0.25, 0.3) is 0 Å². The summed E-state index contributed by atoms with van der Waals surface area (Å²) >= 11 is 0. The first-order valence-corrected chi connectivity index (χ1v) is 7.79. The largest absolute Gasteiger partial charge is 0.342 e. The third kappa shape index (κ3) is 2.62. The van der Waals surface area contributed by atoms with Crippen LogP contribution in [0.15, 0.2) is 36.8 Å². The summed E-state index contributed by atoms with van der Waals surface area (Å²) in [5.74, 6) is 2.69. The number of aromatic amines is 3. The molecule has 0 aliphatic carbocycles. The molecule has 0 amide bonds. The Labute approximate surface area is 139 Å². The molecule has 0 bridgehead atoms. The summed E-state index contributed by atoms with van der Waals surface area (Å²) in [6.45, 7) is 5.85. The molecule has 4 rings (SSSR count). The second kappa shape index (κ2) is 5.49. The normalized spacial score (nSPS) is 11.1. The minimum absolute atomic E-state index is 0.895. The lowest BCUT2D eigenvalue weighted by molar-refractivity contribution is 1.15. The van der Waals surface area contributed by atoms with Crippen LogP contribution in [0.3, 0.4) is 0 Å². The first-order chi connectivity index (χ1) is 11.6. The van der Waals surface area contributed by atoms with Gasteiger partial charge in [0, 0.05) is 16.7 Å². The molecule has 3 N–H and O–H groups in total. The van der Waals surface area contributed by atoms with Crippen molar-refractivity contribution in [2.75, 3.05) is 0 Å². The van der Waals surface area contributed by atoms with Crippen LogP contribution in [0.25, 0.3) is 33.8 Å². The van der Waals surface area contributed by atoms with E-state index >= 15 is 0 Å². The van der Waals surface area contributed by atoms with E-state index in [0.29, 0.717) is 0 Å². The van der Waals surface area contributed by atoms with Crippen LogP contribution in [-0.2, 0) is 0 Å². The molecule has 0 fully saturated rings. The molecular formula is C18H18N6. The molecule has 3 aromatic heterocycles. The zero-order chi connectivity index (χ0) is 16.7. The average molecular weight is 318 g/mol. The van der Waals surface area contributed by atoms with Gasteiger partial charge in [-0.3, -0.25) is 0 Å². The van der Waals surface area contributed by atoms with E-state index in [-0.39, 0.29) is 0 Å². The Morgan fingerprint density at radius 1 is 0.542 bits per heavy atom. The Bertz CT molecular complexity index is 863. The highest BCUT2D eigenvalue weighted by atomic mass is 14.9. The van der Waals surface area contributed by atoms with Gasteiger partial charge in [0.2, 0.25) is 0 Å². The third-order valence-corrected chi connectivity index (χ3v) is 3.97. The van der Waals surface area contributed by atoms with Crippen LogP contribution in [0.4, 0.5) is 0 Å². The highest BCUT2D eigenvalue weighted by Gasteiger charge is 2.11. The fourth-order valence-corrected chi connectivity index (χ4v) is 2.80. The highest BCUT2D eigenvalue weighted by Crippen LogP contribution is 2.31. The minimum Gasteiger partial charge on any atom is -0.342 e. The van der Waals surface area contributed by atoms with Crippen molar-refractivity contribution in [3.8, 4) is 33.8 Å². The summed E-state index contributed by atoms with van der Waals surface area (Å²) in [5, 5.41) is 0. The van der Waals surface area contributed by atoms with Gasteiger partial charge in [0.1, 0.15) is 17.5 Å². The van der Waals surface area contributed by atoms with Gasteiger partial charge in [-0.25, -0.2) is 15.0 Å². The van der Waals surface area contributed by atoms with E-state index in [1.165, 1.54) is 0 Å². The number of imidazole rings is 3. The summed E-state index contributed by atoms with van der Waals surface area (Å²) in [4.78, 5) is 22.8. The molecule has 0 aliphatic heterocycles. The fourth-order valence-electron chi connectivity index (χ4n) is 2.80. The van der Waals surface area contributed by atoms with E-state index in [9.17, 15) is 0 Å². The summed E-state index contributed by atoms with van der Waals surface area (Å²) in [5.41, 5.74) is 6.18. The average Bonchev–Trinajstić information content (AvgIpc) is 3.28. The lowest BCUT2D eigenvalue weighted by Gasteiger charge is -2.07. The number of rotatable bonds is 3. The van der Waals surface area contributed by atoms with Crippen molar-refractivity contribution in [2.24, 2.45) is 0 Å². The Hall–Kier alpha value is -3.15. The van der Waals surface area contributed by atoms with E-state index in [4.69, 9.17) is 0 Å². The molecule has 0 saturated heterocycles. The summed E-state index contributed by atoms with van der Waals surface area (Å²) in [7, 11) is 0. The Morgan fingerprint density at radius 3 is 1.04 bits per heavy atom. The van der Waals surface area contributed by atoms with Gasteiger partial charge in [-0.1, -0.05) is 0 Å². The third-order valence-electron chi connectivity index (χ3n) is 3.97. The van der Waals surface area contributed by atoms with Gasteiger partial charge in [-0.15, -0.1) is 0 Å². The lowest BCUT2D eigenvalue weighted by Crippen LogP contribution is -1.87. The highest BCUT2D eigenvalue weighted by molar-refractivity contribution is 5.77. The first-order valence-electron chi connectivity index (χ1n) is 7.79. The first kappa shape index (κ1) is 14.4. The topological polar surface area (TPSA) is 86.0 Å². The quantitative estimate of drug-likeness (QED) is 0.537. The number of nitrogens with one attached hydrogen (secondary N) is 3. The number of benzene rings is 1. The molecule has 4 aromatic rings. The van der Waals surface area contributed by atoms with Gasteiger partial charge in [-0.05, 0) is 39.0 Å². The molecule has 1 aromatic carbocycles. The van der Waals surface area contributed by atoms with Crippen LogP contribution < -0.4 is 0 Å². The lowest BCUT2D eigenvalue weighted by atomic mass is 10.0. The number of hydrogen-bond donors (Lipinski definition) is 3. The van der Waals surface area contributed by atoms with E-state index in [0.717, 1.165) is 51.2 Å². The number of aromatic nitrogens is 6. The maximum atomic E-state index is 4.31. The van der Waals surface area contributed by atoms with Crippen molar-refractivity contribution in [3.63, 3.8) is 0 Å². The maximum Gasteiger partial charge on any atom is 0.103 e. The van der Waals surface area contributed by atoms with Crippen LogP contribution >= 0.6 is 0 Å². The van der Waals surface area contributed by atoms with Crippen LogP contribution in [0.2, 0.25) is 0 Å². The summed E-state index contributed by atoms with van der Waals surface area (Å²) < 4.78 is 0. The van der Waals surface area contributed by atoms with Gasteiger partial charge in [0.15, 0.2) is 0 Å². The fraction of sp³-hybridized carbons (Fsp3) is 0.167. The molecule has 24 heavy (non-hydrogen) atoms. The van der Waals surface area contributed by atoms with E-state index in [1.54, 1.807) is 0 Å². The maximum absolute atomic E-state index is 4.31. The predicted molar refractivity (Wildman–Crippen MR) is 93.4 cm³/mol. The zero-order valence-electron chi connectivity index (χ0n) is 13.8. The summed E-state index contributed by atoms with van der Waals surface area (Å²) in [6, 6.07) is 6.39. The monoisotopic (exact) mass is 318 g/mol. The standard InChI is InChI=1S/C18H18N6/c1-10-19-7-16(22-10)13-4-14(17-8-20-11(2)23-17)6-15(5-13)18-9-21-12(3)24-18/h4-9H,1-3H3,(H,19,22)(H,20,23)(H,21,24). The second-order valence-electron chi connectivity index (χ2n) is 5.95. The van der Waals surface area contributed by atoms with Crippen molar-refractivity contribution in [2.45, 2.75) is 20.8 Å².